The van der Waals surface area contributed by atoms with E-state index in [1.165, 1.54) is 34.1 Å². The quantitative estimate of drug-likeness (QED) is 0.0353. The Labute approximate surface area is 470 Å². The largest absolute Gasteiger partial charge is 0.542 e. The van der Waals surface area contributed by atoms with Crippen LogP contribution in [0.5, 0.6) is 0 Å². The van der Waals surface area contributed by atoms with Crippen LogP contribution in [0.4, 0.5) is 60.5 Å². The maximum Gasteiger partial charge on any atom is 0.430 e. The minimum Gasteiger partial charge on any atom is -0.542 e. The number of quaternary nitrogens is 2. The molecule has 83 heavy (non-hydrogen) atoms. The van der Waals surface area contributed by atoms with Crippen molar-refractivity contribution in [2.45, 2.75) is 31.6 Å². The summed E-state index contributed by atoms with van der Waals surface area (Å²) in [6.07, 6.45) is 1.23. The minimum absolute atomic E-state index is 0.132. The highest BCUT2D eigenvalue weighted by atomic mass is 19.4. The van der Waals surface area contributed by atoms with Crippen molar-refractivity contribution in [1.29, 1.82) is 0 Å². The molecule has 0 spiro atoms. The van der Waals surface area contributed by atoms with Gasteiger partial charge in [0, 0.05) is 105 Å². The lowest BCUT2D eigenvalue weighted by Crippen LogP contribution is -3.05. The molecule has 0 aliphatic rings. The lowest BCUT2D eigenvalue weighted by atomic mass is 10.3. The van der Waals surface area contributed by atoms with Crippen molar-refractivity contribution in [2.75, 3.05) is 79.7 Å². The van der Waals surface area contributed by atoms with Gasteiger partial charge in [-0.05, 0) is 36.4 Å². The predicted octanol–water partition coefficient (Wildman–Crippen LogP) is -0.296. The van der Waals surface area contributed by atoms with Gasteiger partial charge in [0.15, 0.2) is 0 Å². The highest BCUT2D eigenvalue weighted by Crippen LogP contribution is 2.23. The summed E-state index contributed by atoms with van der Waals surface area (Å²) in [5, 5.41) is 37.4. The Kier molecular flexibility index (Phi) is 22.4. The van der Waals surface area contributed by atoms with Gasteiger partial charge >= 0.3 is 12.4 Å². The number of hydrogen-bond acceptors (Lipinski definition) is 11. The van der Waals surface area contributed by atoms with E-state index in [1.54, 1.807) is 119 Å². The van der Waals surface area contributed by atoms with Gasteiger partial charge in [0.25, 0.3) is 35.4 Å². The highest BCUT2D eigenvalue weighted by molar-refractivity contribution is 6.10. The molecule has 6 aromatic rings. The summed E-state index contributed by atoms with van der Waals surface area (Å²) in [6, 6.07) is 9.27. The first-order valence-corrected chi connectivity index (χ1v) is 24.8. The molecular formula is C51H63F6N15O11. The van der Waals surface area contributed by atoms with E-state index in [0.717, 1.165) is 25.9 Å². The van der Waals surface area contributed by atoms with Crippen molar-refractivity contribution in [3.8, 4) is 0 Å². The first-order valence-electron chi connectivity index (χ1n) is 24.8. The molecule has 0 bridgehead atoms. The molecule has 6 rings (SSSR count). The summed E-state index contributed by atoms with van der Waals surface area (Å²) in [4.78, 5) is 112. The number of rotatable bonds is 20. The van der Waals surface area contributed by atoms with Gasteiger partial charge < -0.3 is 94.2 Å². The third-order valence-electron chi connectivity index (χ3n) is 11.7. The van der Waals surface area contributed by atoms with E-state index in [2.05, 4.69) is 37.2 Å². The third kappa shape index (κ3) is 19.6. The van der Waals surface area contributed by atoms with Gasteiger partial charge in [0.1, 0.15) is 46.1 Å². The molecule has 0 unspecified atom stereocenters. The van der Waals surface area contributed by atoms with E-state index in [0.29, 0.717) is 58.5 Å². The second-order valence-electron chi connectivity index (χ2n) is 19.4. The molecule has 0 radical (unpaired) electrons. The molecule has 0 saturated carbocycles. The normalized spacial score (nSPS) is 11.2. The molecule has 0 saturated heterocycles. The van der Waals surface area contributed by atoms with Crippen LogP contribution in [0.25, 0.3) is 0 Å². The highest BCUT2D eigenvalue weighted by Gasteiger charge is 2.30. The first kappa shape index (κ1) is 65.9. The summed E-state index contributed by atoms with van der Waals surface area (Å²) in [5.74, 6) is -8.74. The van der Waals surface area contributed by atoms with Crippen molar-refractivity contribution in [3.63, 3.8) is 0 Å². The Bertz CT molecular complexity index is 3330. The second-order valence-corrected chi connectivity index (χ2v) is 19.4. The Morgan fingerprint density at radius 2 is 0.614 bits per heavy atom. The number of halogens is 6. The number of carboxylic acid groups (broad SMARTS) is 2. The molecule has 26 nitrogen and oxygen atoms in total. The van der Waals surface area contributed by atoms with Crippen molar-refractivity contribution >= 4 is 87.4 Å². The molecule has 0 aliphatic carbocycles. The number of nitrogens with one attached hydrogen (secondary N) is 9. The van der Waals surface area contributed by atoms with Crippen LogP contribution in [0, 0.1) is 0 Å². The molecule has 0 aromatic carbocycles. The summed E-state index contributed by atoms with van der Waals surface area (Å²) in [7, 11) is 18.2. The number of aryl methyl sites for hydroxylation is 6. The molecule has 6 heterocycles. The van der Waals surface area contributed by atoms with Gasteiger partial charge in [0.2, 0.25) is 5.91 Å². The van der Waals surface area contributed by atoms with E-state index in [-0.39, 0.29) is 34.6 Å². The summed E-state index contributed by atoms with van der Waals surface area (Å²) >= 11 is 0. The molecule has 0 atom stereocenters. The Morgan fingerprint density at radius 3 is 0.843 bits per heavy atom. The van der Waals surface area contributed by atoms with Crippen molar-refractivity contribution in [2.24, 2.45) is 42.3 Å². The van der Waals surface area contributed by atoms with Crippen LogP contribution in [0.3, 0.4) is 0 Å². The molecular weight excluding hydrogens is 1110 g/mol. The average Bonchev–Trinajstić information content (AvgIpc) is 4.40. The fraction of sp³-hybridized carbons (Fsp3) is 0.353. The average molecular weight is 1180 g/mol. The SMILES string of the molecule is Cn1cc(NC(=O)c2cc(NC(=O)c3cc(NC(=O)c4cc(NC(=O)c5cc(NC(=O)c6cc(NC(=O)CCC[NH+](C)C)cn6C)cn5C)cn4C)cn3C)cn2C)cc1C(=O)NCCC[NH+](C)C.O=C([O-])C(F)(F)F.O=C([O-])C(F)(F)F. The number of carbonyl (C=O) groups excluding carboxylic acids is 9. The number of aromatic nitrogens is 6. The number of anilines is 6. The van der Waals surface area contributed by atoms with E-state index in [4.69, 9.17) is 19.8 Å². The number of carbonyl (C=O) groups is 9. The van der Waals surface area contributed by atoms with Gasteiger partial charge in [-0.1, -0.05) is 0 Å². The van der Waals surface area contributed by atoms with Crippen LogP contribution >= 0.6 is 0 Å². The fourth-order valence-corrected chi connectivity index (χ4v) is 7.69. The Balaban J connectivity index is 0.000000936. The number of amides is 7. The van der Waals surface area contributed by atoms with Crippen molar-refractivity contribution in [1.82, 2.24) is 32.7 Å². The number of carboxylic acids is 2. The zero-order chi connectivity index (χ0) is 62.4. The molecule has 6 aromatic heterocycles. The van der Waals surface area contributed by atoms with E-state index in [9.17, 15) is 59.9 Å². The molecule has 7 amide bonds. The minimum atomic E-state index is -5.19. The maximum atomic E-state index is 13.5. The molecule has 450 valence electrons. The van der Waals surface area contributed by atoms with Crippen LogP contribution in [0.15, 0.2) is 73.6 Å². The lowest BCUT2D eigenvalue weighted by Gasteiger charge is -2.08. The van der Waals surface area contributed by atoms with Crippen LogP contribution in [-0.2, 0) is 56.7 Å². The summed E-state index contributed by atoms with van der Waals surface area (Å²) in [5.41, 5.74) is 4.00. The van der Waals surface area contributed by atoms with E-state index < -0.39 is 53.8 Å². The number of nitrogens with zero attached hydrogens (tertiary/aromatic N) is 6. The predicted molar refractivity (Wildman–Crippen MR) is 285 cm³/mol. The van der Waals surface area contributed by atoms with Crippen LogP contribution in [0.1, 0.15) is 82.2 Å². The van der Waals surface area contributed by atoms with Gasteiger partial charge in [-0.2, -0.15) is 26.3 Å². The summed E-state index contributed by atoms with van der Waals surface area (Å²) in [6.45, 7) is 2.33. The maximum absolute atomic E-state index is 13.5. The third-order valence-corrected chi connectivity index (χ3v) is 11.7. The Hall–Kier alpha value is -9.59. The zero-order valence-corrected chi connectivity index (χ0v) is 46.6. The first-order chi connectivity index (χ1) is 38.5. The standard InChI is InChI=1S/C47H61N15O7.2C2HF3O2/c1-55(2)15-11-13-41(63)49-29-17-36(58(6)23-29)43(65)51-31-19-38(60(8)25-31)45(67)53-33-21-40(62(10)27-33)47(69)54-34-22-39(61(9)28-34)46(68)52-32-20-37(59(7)26-32)44(66)50-30-18-35(57(5)24-30)42(64)48-14-12-16-56(3)4;2*3-2(4,5)1(6)7/h17-28H,11-16H2,1-10H3,(H,48,64)(H,49,63)(H,50,66)(H,51,65)(H,52,68)(H,53,67)(H,54,69);2*(H,6,7). The van der Waals surface area contributed by atoms with E-state index >= 15 is 0 Å². The number of aliphatic carboxylic acids is 2. The van der Waals surface area contributed by atoms with Gasteiger partial charge in [-0.15, -0.1) is 0 Å². The molecule has 0 aliphatic heterocycles. The van der Waals surface area contributed by atoms with Crippen molar-refractivity contribution in [3.05, 3.63) is 108 Å². The van der Waals surface area contributed by atoms with Crippen LogP contribution < -0.4 is 57.2 Å². The molecule has 0 fully saturated rings. The second kappa shape index (κ2) is 28.2. The Morgan fingerprint density at radius 1 is 0.398 bits per heavy atom. The smallest absolute Gasteiger partial charge is 0.430 e. The van der Waals surface area contributed by atoms with Crippen LogP contribution in [-0.4, -0.2) is 141 Å². The summed E-state index contributed by atoms with van der Waals surface area (Å²) < 4.78 is 72.6. The number of alkyl halides is 6. The topological polar surface area (TPSA) is 322 Å². The molecule has 32 heteroatoms. The fourth-order valence-electron chi connectivity index (χ4n) is 7.69. The zero-order valence-electron chi connectivity index (χ0n) is 46.6. The van der Waals surface area contributed by atoms with Gasteiger partial charge in [0.05, 0.1) is 75.4 Å². The molecule has 9 N–H and O–H groups in total. The van der Waals surface area contributed by atoms with Gasteiger partial charge in [-0.3, -0.25) is 33.6 Å². The monoisotopic (exact) mass is 1180 g/mol. The van der Waals surface area contributed by atoms with Crippen LogP contribution in [0.2, 0.25) is 0 Å². The van der Waals surface area contributed by atoms with E-state index in [1.807, 2.05) is 28.2 Å². The lowest BCUT2D eigenvalue weighted by molar-refractivity contribution is -0.858. The van der Waals surface area contributed by atoms with Gasteiger partial charge in [-0.25, -0.2) is 0 Å². The van der Waals surface area contributed by atoms with Crippen molar-refractivity contribution < 1.29 is 89.5 Å². The number of hydrogen-bond donors (Lipinski definition) is 9.